The van der Waals surface area contributed by atoms with Crippen molar-refractivity contribution in [1.29, 1.82) is 0 Å². The van der Waals surface area contributed by atoms with E-state index in [-0.39, 0.29) is 29.4 Å². The predicted octanol–water partition coefficient (Wildman–Crippen LogP) is 2.84. The van der Waals surface area contributed by atoms with Crippen LogP contribution in [0.1, 0.15) is 34.3 Å². The Labute approximate surface area is 184 Å². The molecule has 1 saturated heterocycles. The molecule has 1 fully saturated rings. The largest absolute Gasteiger partial charge is 0.326 e. The molecule has 1 N–H and O–H groups in total. The molecule has 166 valence electrons. The molecule has 1 amide bonds. The van der Waals surface area contributed by atoms with Gasteiger partial charge < -0.3 is 10.2 Å². The van der Waals surface area contributed by atoms with E-state index in [1.165, 1.54) is 16.4 Å². The number of Topliss-reactive ketones (excluding diaryl/α,β-unsaturated/α-hetero) is 1. The smallest absolute Gasteiger partial charge is 0.243 e. The highest BCUT2D eigenvalue weighted by molar-refractivity contribution is 7.89. The molecular weight excluding hydrogens is 414 g/mol. The first-order valence-electron chi connectivity index (χ1n) is 10.4. The van der Waals surface area contributed by atoms with Gasteiger partial charge in [0, 0.05) is 50.3 Å². The highest BCUT2D eigenvalue weighted by atomic mass is 32.2. The number of rotatable bonds is 7. The summed E-state index contributed by atoms with van der Waals surface area (Å²) in [5.41, 5.74) is 3.27. The van der Waals surface area contributed by atoms with Gasteiger partial charge in [0.2, 0.25) is 15.9 Å². The van der Waals surface area contributed by atoms with Gasteiger partial charge in [0.1, 0.15) is 0 Å². The van der Waals surface area contributed by atoms with Gasteiger partial charge in [-0.3, -0.25) is 9.59 Å². The molecule has 1 heterocycles. The van der Waals surface area contributed by atoms with Crippen molar-refractivity contribution in [2.75, 3.05) is 38.5 Å². The number of nitrogens with one attached hydrogen (secondary N) is 1. The first-order chi connectivity index (χ1) is 14.7. The van der Waals surface area contributed by atoms with Crippen LogP contribution >= 0.6 is 0 Å². The fraction of sp³-hybridized carbons (Fsp3) is 0.391. The highest BCUT2D eigenvalue weighted by Crippen LogP contribution is 2.20. The lowest BCUT2D eigenvalue weighted by Gasteiger charge is -2.31. The van der Waals surface area contributed by atoms with Crippen molar-refractivity contribution in [2.45, 2.75) is 31.6 Å². The Kier molecular flexibility index (Phi) is 7.25. The van der Waals surface area contributed by atoms with Crippen molar-refractivity contribution in [3.05, 3.63) is 59.2 Å². The van der Waals surface area contributed by atoms with E-state index in [2.05, 4.69) is 10.2 Å². The van der Waals surface area contributed by atoms with Crippen molar-refractivity contribution in [3.63, 3.8) is 0 Å². The van der Waals surface area contributed by atoms with E-state index in [9.17, 15) is 18.0 Å². The molecule has 0 aromatic heterocycles. The molecule has 0 unspecified atom stereocenters. The van der Waals surface area contributed by atoms with Gasteiger partial charge in [-0.05, 0) is 62.4 Å². The van der Waals surface area contributed by atoms with Crippen LogP contribution in [0.3, 0.4) is 0 Å². The van der Waals surface area contributed by atoms with Crippen LogP contribution in [-0.4, -0.2) is 62.5 Å². The Bertz CT molecular complexity index is 1060. The molecule has 0 atom stereocenters. The van der Waals surface area contributed by atoms with Gasteiger partial charge in [0.25, 0.3) is 0 Å². The Morgan fingerprint density at radius 1 is 0.903 bits per heavy atom. The summed E-state index contributed by atoms with van der Waals surface area (Å²) >= 11 is 0. The number of carbonyl (C=O) groups excluding carboxylic acids is 2. The average Bonchev–Trinajstić information content (AvgIpc) is 2.74. The lowest BCUT2D eigenvalue weighted by molar-refractivity contribution is -0.116. The zero-order chi connectivity index (χ0) is 22.6. The van der Waals surface area contributed by atoms with E-state index in [1.54, 1.807) is 18.2 Å². The van der Waals surface area contributed by atoms with Gasteiger partial charge in [0.05, 0.1) is 4.90 Å². The second kappa shape index (κ2) is 9.72. The van der Waals surface area contributed by atoms with E-state index in [0.717, 1.165) is 11.1 Å². The summed E-state index contributed by atoms with van der Waals surface area (Å²) in [6.45, 7) is 6.27. The molecule has 2 aromatic carbocycles. The number of carbonyl (C=O) groups is 2. The van der Waals surface area contributed by atoms with E-state index in [4.69, 9.17) is 0 Å². The number of likely N-dealkylation sites (N-methyl/N-ethyl adjacent to an activating group) is 1. The number of hydrogen-bond donors (Lipinski definition) is 1. The summed E-state index contributed by atoms with van der Waals surface area (Å²) in [6, 6.07) is 11.7. The molecule has 7 nitrogen and oxygen atoms in total. The maximum atomic E-state index is 12.8. The second-order valence-corrected chi connectivity index (χ2v) is 9.94. The van der Waals surface area contributed by atoms with Crippen LogP contribution in [0.15, 0.2) is 47.4 Å². The second-order valence-electron chi connectivity index (χ2n) is 8.00. The van der Waals surface area contributed by atoms with E-state index >= 15 is 0 Å². The number of benzene rings is 2. The summed E-state index contributed by atoms with van der Waals surface area (Å²) in [5, 5.41) is 2.73. The number of aryl methyl sites for hydroxylation is 2. The van der Waals surface area contributed by atoms with Crippen LogP contribution < -0.4 is 5.32 Å². The van der Waals surface area contributed by atoms with Gasteiger partial charge in [-0.2, -0.15) is 4.31 Å². The fourth-order valence-electron chi connectivity index (χ4n) is 3.40. The first kappa shape index (κ1) is 23.1. The Morgan fingerprint density at radius 3 is 2.16 bits per heavy atom. The van der Waals surface area contributed by atoms with E-state index in [1.807, 2.05) is 33.0 Å². The number of piperazine rings is 1. The lowest BCUT2D eigenvalue weighted by Crippen LogP contribution is -2.46. The number of amides is 1. The number of ketones is 1. The van der Waals surface area contributed by atoms with Crippen LogP contribution in [0, 0.1) is 13.8 Å². The molecule has 1 aliphatic rings. The first-order valence-corrected chi connectivity index (χ1v) is 11.8. The zero-order valence-electron chi connectivity index (χ0n) is 18.2. The van der Waals surface area contributed by atoms with E-state index in [0.29, 0.717) is 37.4 Å². The molecule has 0 bridgehead atoms. The van der Waals surface area contributed by atoms with Gasteiger partial charge >= 0.3 is 0 Å². The Hall–Kier alpha value is -2.55. The summed E-state index contributed by atoms with van der Waals surface area (Å²) in [6.07, 6.45) is 0.178. The number of sulfonamides is 1. The maximum Gasteiger partial charge on any atom is 0.243 e. The molecule has 8 heteroatoms. The SMILES string of the molecule is Cc1ccc(C(=O)CCC(=O)Nc2ccc(S(=O)(=O)N3CCN(C)CC3)cc2)cc1C. The highest BCUT2D eigenvalue weighted by Gasteiger charge is 2.27. The summed E-state index contributed by atoms with van der Waals surface area (Å²) in [7, 11) is -1.57. The lowest BCUT2D eigenvalue weighted by atomic mass is 10.0. The van der Waals surface area contributed by atoms with Crippen LogP contribution in [0.25, 0.3) is 0 Å². The third-order valence-corrected chi connectivity index (χ3v) is 7.56. The maximum absolute atomic E-state index is 12.8. The van der Waals surface area contributed by atoms with E-state index < -0.39 is 10.0 Å². The quantitative estimate of drug-likeness (QED) is 0.665. The topological polar surface area (TPSA) is 86.8 Å². The summed E-state index contributed by atoms with van der Waals surface area (Å²) in [5.74, 6) is -0.362. The van der Waals surface area contributed by atoms with Crippen LogP contribution in [-0.2, 0) is 14.8 Å². The molecule has 3 rings (SSSR count). The third kappa shape index (κ3) is 5.78. The molecule has 0 radical (unpaired) electrons. The van der Waals surface area contributed by atoms with Crippen molar-refractivity contribution in [3.8, 4) is 0 Å². The average molecular weight is 444 g/mol. The zero-order valence-corrected chi connectivity index (χ0v) is 19.0. The molecular formula is C23H29N3O4S. The number of anilines is 1. The van der Waals surface area contributed by atoms with Crippen molar-refractivity contribution in [1.82, 2.24) is 9.21 Å². The van der Waals surface area contributed by atoms with Gasteiger partial charge in [-0.15, -0.1) is 0 Å². The van der Waals surface area contributed by atoms with Gasteiger partial charge in [-0.25, -0.2) is 8.42 Å². The number of hydrogen-bond acceptors (Lipinski definition) is 5. The molecule has 2 aromatic rings. The minimum Gasteiger partial charge on any atom is -0.326 e. The van der Waals surface area contributed by atoms with Gasteiger partial charge in [0.15, 0.2) is 5.78 Å². The molecule has 1 aliphatic heterocycles. The standard InChI is InChI=1S/C23H29N3O4S/c1-17-4-5-19(16-18(17)2)22(27)10-11-23(28)24-20-6-8-21(9-7-20)31(29,30)26-14-12-25(3)13-15-26/h4-9,16H,10-15H2,1-3H3,(H,24,28). The molecule has 0 saturated carbocycles. The fourth-order valence-corrected chi connectivity index (χ4v) is 4.82. The van der Waals surface area contributed by atoms with Gasteiger partial charge in [-0.1, -0.05) is 12.1 Å². The molecule has 31 heavy (non-hydrogen) atoms. The normalized spacial score (nSPS) is 15.6. The van der Waals surface area contributed by atoms with Crippen LogP contribution in [0.4, 0.5) is 5.69 Å². The summed E-state index contributed by atoms with van der Waals surface area (Å²) in [4.78, 5) is 26.9. The van der Waals surface area contributed by atoms with Crippen molar-refractivity contribution < 1.29 is 18.0 Å². The minimum atomic E-state index is -3.54. The van der Waals surface area contributed by atoms with Crippen LogP contribution in [0.5, 0.6) is 0 Å². The number of nitrogens with zero attached hydrogens (tertiary/aromatic N) is 2. The Morgan fingerprint density at radius 2 is 1.55 bits per heavy atom. The summed E-state index contributed by atoms with van der Waals surface area (Å²) < 4.78 is 27.0. The van der Waals surface area contributed by atoms with Crippen LogP contribution in [0.2, 0.25) is 0 Å². The van der Waals surface area contributed by atoms with Crippen molar-refractivity contribution in [2.24, 2.45) is 0 Å². The monoisotopic (exact) mass is 443 g/mol. The molecule has 0 spiro atoms. The minimum absolute atomic E-state index is 0.0626. The predicted molar refractivity (Wildman–Crippen MR) is 121 cm³/mol. The van der Waals surface area contributed by atoms with Crippen molar-refractivity contribution >= 4 is 27.4 Å². The molecule has 0 aliphatic carbocycles. The third-order valence-electron chi connectivity index (χ3n) is 5.65. The Balaban J connectivity index is 1.55.